The number of fused-ring (bicyclic) bond motifs is 2. The molecule has 1 aromatic carbocycles. The number of para-hydroxylation sites is 1. The maximum Gasteiger partial charge on any atom is 0.275 e. The van der Waals surface area contributed by atoms with Crippen molar-refractivity contribution in [3.05, 3.63) is 30.3 Å². The zero-order valence-corrected chi connectivity index (χ0v) is 13.8. The van der Waals surface area contributed by atoms with Crippen LogP contribution in [0.3, 0.4) is 0 Å². The number of anilines is 1. The number of rotatable bonds is 4. The second-order valence-corrected chi connectivity index (χ2v) is 7.60. The van der Waals surface area contributed by atoms with Crippen molar-refractivity contribution < 1.29 is 9.69 Å². The number of quaternary nitrogens is 1. The second kappa shape index (κ2) is 6.52. The van der Waals surface area contributed by atoms with Gasteiger partial charge in [-0.3, -0.25) is 4.79 Å². The van der Waals surface area contributed by atoms with E-state index in [-0.39, 0.29) is 5.91 Å². The van der Waals surface area contributed by atoms with Gasteiger partial charge in [-0.25, -0.2) is 0 Å². The average molecular weight is 314 g/mol. The summed E-state index contributed by atoms with van der Waals surface area (Å²) in [5.41, 5.74) is 1.30. The van der Waals surface area contributed by atoms with Gasteiger partial charge in [0, 0.05) is 11.7 Å². The first-order valence-electron chi connectivity index (χ1n) is 9.21. The number of benzene rings is 1. The quantitative estimate of drug-likeness (QED) is 0.858. The number of amides is 1. The van der Waals surface area contributed by atoms with E-state index in [2.05, 4.69) is 40.5 Å². The average Bonchev–Trinajstić information content (AvgIpc) is 3.19. The molecule has 0 spiro atoms. The van der Waals surface area contributed by atoms with E-state index in [1.807, 2.05) is 0 Å². The molecule has 1 saturated heterocycles. The summed E-state index contributed by atoms with van der Waals surface area (Å²) in [4.78, 5) is 16.2. The molecule has 1 aromatic rings. The summed E-state index contributed by atoms with van der Waals surface area (Å²) in [5.74, 6) is 1.94. The molecule has 124 valence electrons. The van der Waals surface area contributed by atoms with E-state index < -0.39 is 0 Å². The van der Waals surface area contributed by atoms with Crippen LogP contribution in [0, 0.1) is 11.8 Å². The van der Waals surface area contributed by atoms with Gasteiger partial charge >= 0.3 is 0 Å². The minimum absolute atomic E-state index is 0.269. The lowest BCUT2D eigenvalue weighted by Crippen LogP contribution is -3.16. The van der Waals surface area contributed by atoms with Gasteiger partial charge in [-0.2, -0.15) is 0 Å². The summed E-state index contributed by atoms with van der Waals surface area (Å²) in [5, 5.41) is 3.33. The monoisotopic (exact) mass is 314 g/mol. The third-order valence-electron chi connectivity index (χ3n) is 6.09. The van der Waals surface area contributed by atoms with E-state index in [0.717, 1.165) is 38.0 Å². The van der Waals surface area contributed by atoms with Crippen LogP contribution in [-0.2, 0) is 4.79 Å². The van der Waals surface area contributed by atoms with Crippen LogP contribution in [0.1, 0.15) is 25.7 Å². The van der Waals surface area contributed by atoms with Crippen molar-refractivity contribution in [3.63, 3.8) is 0 Å². The number of nitrogens with one attached hydrogen (secondary N) is 2. The summed E-state index contributed by atoms with van der Waals surface area (Å²) < 4.78 is 0. The van der Waals surface area contributed by atoms with E-state index >= 15 is 0 Å². The van der Waals surface area contributed by atoms with Crippen LogP contribution in [0.2, 0.25) is 0 Å². The highest BCUT2D eigenvalue weighted by atomic mass is 16.2. The Labute approximate surface area is 138 Å². The Morgan fingerprint density at radius 2 is 1.91 bits per heavy atom. The van der Waals surface area contributed by atoms with Gasteiger partial charge in [0.2, 0.25) is 0 Å². The molecule has 2 saturated carbocycles. The van der Waals surface area contributed by atoms with Gasteiger partial charge in [0.25, 0.3) is 5.91 Å². The van der Waals surface area contributed by atoms with Gasteiger partial charge in [0.1, 0.15) is 0 Å². The SMILES string of the molecule is O=C(C[NH+]1CCN(c2ccccc2)CC1)N[C@H]1C[C@H]2CC[C@@H]1C2. The lowest BCUT2D eigenvalue weighted by atomic mass is 9.95. The Morgan fingerprint density at radius 3 is 2.57 bits per heavy atom. The molecule has 1 heterocycles. The van der Waals surface area contributed by atoms with Gasteiger partial charge in [0.05, 0.1) is 26.2 Å². The molecule has 4 rings (SSSR count). The van der Waals surface area contributed by atoms with Crippen molar-refractivity contribution in [2.75, 3.05) is 37.6 Å². The van der Waals surface area contributed by atoms with Gasteiger partial charge in [-0.15, -0.1) is 0 Å². The number of hydrogen-bond donors (Lipinski definition) is 2. The topological polar surface area (TPSA) is 36.8 Å². The normalized spacial score (nSPS) is 30.6. The Balaban J connectivity index is 1.22. The van der Waals surface area contributed by atoms with Crippen molar-refractivity contribution in [1.82, 2.24) is 5.32 Å². The first kappa shape index (κ1) is 15.0. The van der Waals surface area contributed by atoms with E-state index in [0.29, 0.717) is 12.6 Å². The third kappa shape index (κ3) is 3.37. The first-order valence-corrected chi connectivity index (χ1v) is 9.21. The van der Waals surface area contributed by atoms with E-state index in [1.165, 1.54) is 36.3 Å². The van der Waals surface area contributed by atoms with Crippen LogP contribution in [-0.4, -0.2) is 44.7 Å². The highest BCUT2D eigenvalue weighted by Gasteiger charge is 2.40. The van der Waals surface area contributed by atoms with Crippen LogP contribution in [0.25, 0.3) is 0 Å². The number of piperazine rings is 1. The molecular formula is C19H28N3O+. The number of nitrogens with zero attached hydrogens (tertiary/aromatic N) is 1. The predicted octanol–water partition coefficient (Wildman–Crippen LogP) is 0.696. The molecule has 2 bridgehead atoms. The van der Waals surface area contributed by atoms with Crippen molar-refractivity contribution >= 4 is 11.6 Å². The highest BCUT2D eigenvalue weighted by molar-refractivity contribution is 5.77. The summed E-state index contributed by atoms with van der Waals surface area (Å²) >= 11 is 0. The van der Waals surface area contributed by atoms with E-state index in [1.54, 1.807) is 0 Å². The predicted molar refractivity (Wildman–Crippen MR) is 91.6 cm³/mol. The molecule has 4 nitrogen and oxygen atoms in total. The minimum atomic E-state index is 0.269. The number of carbonyl (C=O) groups excluding carboxylic acids is 1. The summed E-state index contributed by atoms with van der Waals surface area (Å²) in [6.45, 7) is 4.84. The van der Waals surface area contributed by atoms with Crippen LogP contribution in [0.5, 0.6) is 0 Å². The van der Waals surface area contributed by atoms with Gasteiger partial charge in [-0.1, -0.05) is 24.6 Å². The van der Waals surface area contributed by atoms with Crippen molar-refractivity contribution in [3.8, 4) is 0 Å². The molecule has 0 unspecified atom stereocenters. The largest absolute Gasteiger partial charge is 0.360 e. The zero-order chi connectivity index (χ0) is 15.6. The maximum atomic E-state index is 12.3. The fourth-order valence-corrected chi connectivity index (χ4v) is 4.80. The lowest BCUT2D eigenvalue weighted by Gasteiger charge is -2.33. The molecule has 23 heavy (non-hydrogen) atoms. The maximum absolute atomic E-state index is 12.3. The Morgan fingerprint density at radius 1 is 1.13 bits per heavy atom. The Bertz CT molecular complexity index is 539. The van der Waals surface area contributed by atoms with Crippen LogP contribution in [0.4, 0.5) is 5.69 Å². The summed E-state index contributed by atoms with van der Waals surface area (Å²) in [6.07, 6.45) is 5.31. The zero-order valence-electron chi connectivity index (χ0n) is 13.8. The molecule has 2 aliphatic carbocycles. The molecular weight excluding hydrogens is 286 g/mol. The minimum Gasteiger partial charge on any atom is -0.360 e. The Hall–Kier alpha value is -1.55. The van der Waals surface area contributed by atoms with Crippen molar-refractivity contribution in [1.29, 1.82) is 0 Å². The molecule has 0 aromatic heterocycles. The number of hydrogen-bond acceptors (Lipinski definition) is 2. The second-order valence-electron chi connectivity index (χ2n) is 7.60. The van der Waals surface area contributed by atoms with Gasteiger partial charge in [0.15, 0.2) is 6.54 Å². The van der Waals surface area contributed by atoms with Crippen LogP contribution < -0.4 is 15.1 Å². The molecule has 1 aliphatic heterocycles. The molecule has 3 atom stereocenters. The van der Waals surface area contributed by atoms with E-state index in [4.69, 9.17) is 0 Å². The highest BCUT2D eigenvalue weighted by Crippen LogP contribution is 2.44. The number of carbonyl (C=O) groups is 1. The molecule has 0 radical (unpaired) electrons. The third-order valence-corrected chi connectivity index (χ3v) is 6.09. The van der Waals surface area contributed by atoms with Gasteiger partial charge < -0.3 is 15.1 Å². The van der Waals surface area contributed by atoms with Crippen molar-refractivity contribution in [2.45, 2.75) is 31.7 Å². The standard InChI is InChI=1S/C19H27N3O/c23-19(20-18-13-15-6-7-16(18)12-15)14-21-8-10-22(11-9-21)17-4-2-1-3-5-17/h1-5,15-16,18H,6-14H2,(H,20,23)/p+1/t15-,16+,18-/m0/s1. The first-order chi connectivity index (χ1) is 11.3. The summed E-state index contributed by atoms with van der Waals surface area (Å²) in [6, 6.07) is 11.1. The molecule has 1 amide bonds. The summed E-state index contributed by atoms with van der Waals surface area (Å²) in [7, 11) is 0. The van der Waals surface area contributed by atoms with Crippen molar-refractivity contribution in [2.24, 2.45) is 11.8 Å². The fraction of sp³-hybridized carbons (Fsp3) is 0.632. The Kier molecular flexibility index (Phi) is 4.25. The lowest BCUT2D eigenvalue weighted by molar-refractivity contribution is -0.892. The van der Waals surface area contributed by atoms with E-state index in [9.17, 15) is 4.79 Å². The fourth-order valence-electron chi connectivity index (χ4n) is 4.80. The van der Waals surface area contributed by atoms with Crippen LogP contribution in [0.15, 0.2) is 30.3 Å². The van der Waals surface area contributed by atoms with Crippen LogP contribution >= 0.6 is 0 Å². The molecule has 2 N–H and O–H groups in total. The smallest absolute Gasteiger partial charge is 0.275 e. The molecule has 3 fully saturated rings. The van der Waals surface area contributed by atoms with Gasteiger partial charge in [-0.05, 0) is 43.2 Å². The molecule has 4 heteroatoms. The molecule has 3 aliphatic rings.